The van der Waals surface area contributed by atoms with Crippen LogP contribution in [0.4, 0.5) is 10.6 Å². The minimum atomic E-state index is 0.0286. The van der Waals surface area contributed by atoms with Crippen LogP contribution in [0.1, 0.15) is 25.1 Å². The van der Waals surface area contributed by atoms with Gasteiger partial charge in [0.2, 0.25) is 0 Å². The zero-order chi connectivity index (χ0) is 18.8. The number of carbonyl (C=O) groups is 1. The normalized spacial score (nSPS) is 13.5. The summed E-state index contributed by atoms with van der Waals surface area (Å²) in [4.78, 5) is 27.8. The highest BCUT2D eigenvalue weighted by atomic mass is 16.2. The molecule has 1 aromatic carbocycles. The van der Waals surface area contributed by atoms with Gasteiger partial charge in [-0.1, -0.05) is 30.3 Å². The van der Waals surface area contributed by atoms with Gasteiger partial charge >= 0.3 is 6.03 Å². The first-order chi connectivity index (χ1) is 12.4. The molecular weight excluding hydrogens is 326 g/mol. The van der Waals surface area contributed by atoms with Crippen LogP contribution in [0.25, 0.3) is 11.4 Å². The number of urea groups is 1. The van der Waals surface area contributed by atoms with E-state index >= 15 is 0 Å². The summed E-state index contributed by atoms with van der Waals surface area (Å²) in [6, 6.07) is 10.4. The Morgan fingerprint density at radius 3 is 2.42 bits per heavy atom. The number of hydrogen-bond donors (Lipinski definition) is 0. The molecule has 138 valence electrons. The molecule has 0 spiro atoms. The summed E-state index contributed by atoms with van der Waals surface area (Å²) in [6.07, 6.45) is 0.746. The van der Waals surface area contributed by atoms with E-state index in [4.69, 9.17) is 9.97 Å². The van der Waals surface area contributed by atoms with E-state index in [0.717, 1.165) is 34.9 Å². The molecule has 0 N–H and O–H groups in total. The van der Waals surface area contributed by atoms with E-state index in [2.05, 4.69) is 25.8 Å². The molecule has 0 saturated carbocycles. The highest BCUT2D eigenvalue weighted by Gasteiger charge is 2.28. The summed E-state index contributed by atoms with van der Waals surface area (Å²) < 4.78 is 0. The van der Waals surface area contributed by atoms with Gasteiger partial charge in [0.15, 0.2) is 5.82 Å². The fourth-order valence-corrected chi connectivity index (χ4v) is 3.10. The van der Waals surface area contributed by atoms with E-state index in [9.17, 15) is 4.79 Å². The monoisotopic (exact) mass is 353 g/mol. The lowest BCUT2D eigenvalue weighted by Crippen LogP contribution is -2.43. The minimum absolute atomic E-state index is 0.0286. The first kappa shape index (κ1) is 18.2. The summed E-state index contributed by atoms with van der Waals surface area (Å²) in [5.74, 6) is 1.67. The van der Waals surface area contributed by atoms with Crippen molar-refractivity contribution in [3.05, 3.63) is 41.6 Å². The third kappa shape index (κ3) is 3.49. The molecule has 0 atom stereocenters. The third-order valence-electron chi connectivity index (χ3n) is 4.83. The van der Waals surface area contributed by atoms with Gasteiger partial charge in [0.1, 0.15) is 5.82 Å². The minimum Gasteiger partial charge on any atom is -0.357 e. The van der Waals surface area contributed by atoms with Gasteiger partial charge in [-0.3, -0.25) is 0 Å². The van der Waals surface area contributed by atoms with Gasteiger partial charge < -0.3 is 14.7 Å². The van der Waals surface area contributed by atoms with Gasteiger partial charge in [-0.25, -0.2) is 14.8 Å². The second kappa shape index (κ2) is 7.32. The second-order valence-electron chi connectivity index (χ2n) is 7.22. The van der Waals surface area contributed by atoms with Crippen LogP contribution in [-0.2, 0) is 13.0 Å². The molecule has 6 heteroatoms. The largest absolute Gasteiger partial charge is 0.357 e. The van der Waals surface area contributed by atoms with Crippen molar-refractivity contribution in [3.8, 4) is 11.4 Å². The maximum absolute atomic E-state index is 12.4. The number of fused-ring (bicyclic) bond motifs is 1. The number of amides is 2. The maximum Gasteiger partial charge on any atom is 0.319 e. The average Bonchev–Trinajstić information content (AvgIpc) is 2.66. The van der Waals surface area contributed by atoms with Crippen LogP contribution < -0.4 is 4.90 Å². The van der Waals surface area contributed by atoms with Crippen molar-refractivity contribution in [2.24, 2.45) is 0 Å². The Morgan fingerprint density at radius 2 is 1.81 bits per heavy atom. The van der Waals surface area contributed by atoms with Crippen molar-refractivity contribution in [1.82, 2.24) is 19.8 Å². The van der Waals surface area contributed by atoms with Crippen LogP contribution in [0.15, 0.2) is 30.3 Å². The molecule has 3 rings (SSSR count). The number of nitrogens with zero attached hydrogens (tertiary/aromatic N) is 5. The molecule has 0 aliphatic carbocycles. The predicted octanol–water partition coefficient (Wildman–Crippen LogP) is 3.03. The first-order valence-corrected chi connectivity index (χ1v) is 9.02. The smallest absolute Gasteiger partial charge is 0.319 e. The Bertz CT molecular complexity index is 788. The molecule has 0 fully saturated rings. The van der Waals surface area contributed by atoms with E-state index in [-0.39, 0.29) is 6.03 Å². The number of hydrogen-bond acceptors (Lipinski definition) is 4. The van der Waals surface area contributed by atoms with E-state index in [1.165, 1.54) is 0 Å². The first-order valence-electron chi connectivity index (χ1n) is 9.02. The molecular formula is C20H27N5O. The van der Waals surface area contributed by atoms with E-state index < -0.39 is 0 Å². The van der Waals surface area contributed by atoms with Crippen LogP contribution in [0.3, 0.4) is 0 Å². The summed E-state index contributed by atoms with van der Waals surface area (Å²) in [7, 11) is 5.62. The van der Waals surface area contributed by atoms with Gasteiger partial charge in [0, 0.05) is 51.3 Å². The van der Waals surface area contributed by atoms with Gasteiger partial charge in [-0.05, 0) is 13.8 Å². The lowest BCUT2D eigenvalue weighted by atomic mass is 10.0. The summed E-state index contributed by atoms with van der Waals surface area (Å²) >= 11 is 0. The molecule has 0 radical (unpaired) electrons. The van der Waals surface area contributed by atoms with Gasteiger partial charge in [-0.2, -0.15) is 0 Å². The summed E-state index contributed by atoms with van der Waals surface area (Å²) in [5, 5.41) is 0. The standard InChI is InChI=1S/C20H27N5O/c1-14(2)24(5)19-16-13-25(20(26)23(3)4)12-11-17(16)21-18(22-19)15-9-7-6-8-10-15/h6-10,14H,11-13H2,1-5H3. The molecule has 1 aromatic heterocycles. The Labute approximate surface area is 155 Å². The van der Waals surface area contributed by atoms with Crippen LogP contribution in [0.5, 0.6) is 0 Å². The van der Waals surface area contributed by atoms with Crippen LogP contribution >= 0.6 is 0 Å². The van der Waals surface area contributed by atoms with Crippen LogP contribution in [0, 0.1) is 0 Å². The average molecular weight is 353 g/mol. The number of benzene rings is 1. The van der Waals surface area contributed by atoms with Crippen molar-refractivity contribution in [2.45, 2.75) is 32.9 Å². The molecule has 2 heterocycles. The Balaban J connectivity index is 2.06. The lowest BCUT2D eigenvalue weighted by Gasteiger charge is -2.34. The molecule has 6 nitrogen and oxygen atoms in total. The lowest BCUT2D eigenvalue weighted by molar-refractivity contribution is 0.165. The summed E-state index contributed by atoms with van der Waals surface area (Å²) in [6.45, 7) is 5.51. The Kier molecular flexibility index (Phi) is 5.11. The fourth-order valence-electron chi connectivity index (χ4n) is 3.10. The predicted molar refractivity (Wildman–Crippen MR) is 104 cm³/mol. The van der Waals surface area contributed by atoms with Crippen molar-refractivity contribution in [1.29, 1.82) is 0 Å². The highest BCUT2D eigenvalue weighted by molar-refractivity contribution is 5.74. The van der Waals surface area contributed by atoms with Gasteiger partial charge in [-0.15, -0.1) is 0 Å². The summed E-state index contributed by atoms with van der Waals surface area (Å²) in [5.41, 5.74) is 3.12. The molecule has 0 bridgehead atoms. The van der Waals surface area contributed by atoms with Gasteiger partial charge in [0.05, 0.1) is 12.2 Å². The SMILES string of the molecule is CC(C)N(C)c1nc(-c2ccccc2)nc2c1CN(C(=O)N(C)C)CC2. The zero-order valence-corrected chi connectivity index (χ0v) is 16.2. The van der Waals surface area contributed by atoms with E-state index in [1.807, 2.05) is 35.2 Å². The Morgan fingerprint density at radius 1 is 1.12 bits per heavy atom. The number of carbonyl (C=O) groups excluding carboxylic acids is 1. The number of anilines is 1. The second-order valence-corrected chi connectivity index (χ2v) is 7.22. The van der Waals surface area contributed by atoms with Crippen molar-refractivity contribution in [2.75, 3.05) is 32.6 Å². The molecule has 1 aliphatic heterocycles. The van der Waals surface area contributed by atoms with Crippen molar-refractivity contribution in [3.63, 3.8) is 0 Å². The van der Waals surface area contributed by atoms with Crippen LogP contribution in [-0.4, -0.2) is 59.5 Å². The van der Waals surface area contributed by atoms with E-state index in [1.54, 1.807) is 19.0 Å². The van der Waals surface area contributed by atoms with Crippen LogP contribution in [0.2, 0.25) is 0 Å². The quantitative estimate of drug-likeness (QED) is 0.851. The molecule has 2 aromatic rings. The fraction of sp³-hybridized carbons (Fsp3) is 0.450. The third-order valence-corrected chi connectivity index (χ3v) is 4.83. The zero-order valence-electron chi connectivity index (χ0n) is 16.2. The molecule has 0 saturated heterocycles. The Hall–Kier alpha value is -2.63. The topological polar surface area (TPSA) is 52.6 Å². The van der Waals surface area contributed by atoms with Gasteiger partial charge in [0.25, 0.3) is 0 Å². The highest BCUT2D eigenvalue weighted by Crippen LogP contribution is 2.30. The molecule has 0 unspecified atom stereocenters. The molecule has 26 heavy (non-hydrogen) atoms. The molecule has 1 aliphatic rings. The van der Waals surface area contributed by atoms with Crippen molar-refractivity contribution >= 4 is 11.8 Å². The van der Waals surface area contributed by atoms with Crippen molar-refractivity contribution < 1.29 is 4.79 Å². The van der Waals surface area contributed by atoms with E-state index in [0.29, 0.717) is 19.1 Å². The maximum atomic E-state index is 12.4. The number of aromatic nitrogens is 2. The number of rotatable bonds is 3. The molecule has 2 amide bonds.